The van der Waals surface area contributed by atoms with Crippen molar-refractivity contribution in [1.29, 1.82) is 0 Å². The normalized spacial score (nSPS) is 12.3. The molecule has 3 aromatic rings. The molecular weight excluding hydrogens is 404 g/mol. The van der Waals surface area contributed by atoms with E-state index in [-0.39, 0.29) is 0 Å². The standard InChI is InChI=1S/C13H9.C8H8.C5H5.Zr/c1-3-7-12-10(5-1)9-11-6-2-4-8-13(11)12;1-2-8-6-4-3-5-7-8;1-2-4-5-3-1;/h1-5,7-8H,9H2;3-7H,1H3;1-3H,4H2;/q-1;;-1;+2. The van der Waals surface area contributed by atoms with Crippen molar-refractivity contribution in [2.24, 2.45) is 0 Å². The Labute approximate surface area is 177 Å². The van der Waals surface area contributed by atoms with E-state index in [0.717, 1.165) is 12.8 Å². The Balaban J connectivity index is 0.000000130. The van der Waals surface area contributed by atoms with Crippen LogP contribution in [0.15, 0.2) is 91.0 Å². The fourth-order valence-corrected chi connectivity index (χ4v) is 3.44. The second-order valence-corrected chi connectivity index (χ2v) is 8.23. The van der Waals surface area contributed by atoms with Crippen LogP contribution in [0.2, 0.25) is 0 Å². The van der Waals surface area contributed by atoms with Gasteiger partial charge in [0.25, 0.3) is 0 Å². The van der Waals surface area contributed by atoms with E-state index >= 15 is 0 Å². The first kappa shape index (κ1) is 19.6. The summed E-state index contributed by atoms with van der Waals surface area (Å²) in [7, 11) is 0. The Morgan fingerprint density at radius 2 is 1.63 bits per heavy atom. The third kappa shape index (κ3) is 5.68. The summed E-state index contributed by atoms with van der Waals surface area (Å²) < 4.78 is 1.46. The van der Waals surface area contributed by atoms with Gasteiger partial charge >= 0.3 is 70.3 Å². The largest absolute Gasteiger partial charge is 0.273 e. The summed E-state index contributed by atoms with van der Waals surface area (Å²) in [5.41, 5.74) is 6.88. The van der Waals surface area contributed by atoms with Crippen LogP contribution >= 0.6 is 0 Å². The van der Waals surface area contributed by atoms with Crippen molar-refractivity contribution >= 4 is 3.21 Å². The summed E-state index contributed by atoms with van der Waals surface area (Å²) in [5, 5.41) is 0. The van der Waals surface area contributed by atoms with E-state index in [0.29, 0.717) is 0 Å². The molecule has 0 spiro atoms. The zero-order valence-corrected chi connectivity index (χ0v) is 18.0. The molecule has 130 valence electrons. The number of rotatable bonds is 1. The topological polar surface area (TPSA) is 0 Å². The van der Waals surface area contributed by atoms with E-state index in [9.17, 15) is 0 Å². The molecule has 0 saturated heterocycles. The Bertz CT molecular complexity index is 895. The summed E-state index contributed by atoms with van der Waals surface area (Å²) in [6, 6.07) is 28.6. The van der Waals surface area contributed by atoms with E-state index in [2.05, 4.69) is 85.8 Å². The second-order valence-electron chi connectivity index (χ2n) is 6.39. The van der Waals surface area contributed by atoms with Gasteiger partial charge in [-0.3, -0.25) is 6.08 Å². The molecular formula is C26H22Zr. The van der Waals surface area contributed by atoms with Gasteiger partial charge < -0.3 is 0 Å². The van der Waals surface area contributed by atoms with Crippen LogP contribution in [-0.2, 0) is 30.7 Å². The summed E-state index contributed by atoms with van der Waals surface area (Å²) in [5.74, 6) is 0. The minimum atomic E-state index is 1.01. The maximum absolute atomic E-state index is 3.30. The summed E-state index contributed by atoms with van der Waals surface area (Å²) in [4.78, 5) is 0. The molecule has 0 saturated carbocycles. The van der Waals surface area contributed by atoms with E-state index in [4.69, 9.17) is 0 Å². The molecule has 0 aliphatic heterocycles. The summed E-state index contributed by atoms with van der Waals surface area (Å²) >= 11 is 1.51. The molecule has 0 unspecified atom stereocenters. The van der Waals surface area contributed by atoms with Crippen molar-refractivity contribution in [3.05, 3.63) is 120 Å². The molecule has 0 fully saturated rings. The summed E-state index contributed by atoms with van der Waals surface area (Å²) in [6.07, 6.45) is 11.0. The van der Waals surface area contributed by atoms with Gasteiger partial charge in [0.15, 0.2) is 0 Å². The minimum Gasteiger partial charge on any atom is -0.273 e. The number of hydrogen-bond acceptors (Lipinski definition) is 0. The Morgan fingerprint density at radius 1 is 0.889 bits per heavy atom. The maximum Gasteiger partial charge on any atom is -0.0253 e. The third-order valence-corrected chi connectivity index (χ3v) is 5.12. The predicted molar refractivity (Wildman–Crippen MR) is 111 cm³/mol. The van der Waals surface area contributed by atoms with Gasteiger partial charge in [0.2, 0.25) is 0 Å². The Morgan fingerprint density at radius 3 is 2.26 bits per heavy atom. The van der Waals surface area contributed by atoms with Crippen LogP contribution < -0.4 is 0 Å². The van der Waals surface area contributed by atoms with Gasteiger partial charge in [0, 0.05) is 0 Å². The van der Waals surface area contributed by atoms with Crippen LogP contribution in [0.1, 0.15) is 30.0 Å². The van der Waals surface area contributed by atoms with Gasteiger partial charge in [-0.25, -0.2) is 12.2 Å². The Hall–Kier alpha value is -2.11. The zero-order valence-electron chi connectivity index (χ0n) is 15.6. The molecule has 0 radical (unpaired) electrons. The van der Waals surface area contributed by atoms with Crippen LogP contribution in [-0.4, -0.2) is 3.21 Å². The van der Waals surface area contributed by atoms with Crippen LogP contribution in [0.4, 0.5) is 0 Å². The molecule has 1 heteroatoms. The van der Waals surface area contributed by atoms with Crippen molar-refractivity contribution in [2.45, 2.75) is 19.8 Å². The molecule has 0 aromatic heterocycles. The molecule has 2 aliphatic carbocycles. The number of benzene rings is 3. The van der Waals surface area contributed by atoms with Crippen molar-refractivity contribution in [3.8, 4) is 11.1 Å². The fraction of sp³-hybridized carbons (Fsp3) is 0.115. The maximum atomic E-state index is 3.30. The zero-order chi connectivity index (χ0) is 18.9. The first-order valence-electron chi connectivity index (χ1n) is 9.16. The molecule has 0 nitrogen and oxygen atoms in total. The van der Waals surface area contributed by atoms with Gasteiger partial charge in [0.05, 0.1) is 0 Å². The van der Waals surface area contributed by atoms with Gasteiger partial charge in [-0.15, -0.1) is 12.0 Å². The molecule has 3 aromatic carbocycles. The molecule has 5 rings (SSSR count). The van der Waals surface area contributed by atoms with Crippen LogP contribution in [0.5, 0.6) is 0 Å². The van der Waals surface area contributed by atoms with Crippen molar-refractivity contribution < 1.29 is 24.2 Å². The number of allylic oxidation sites excluding steroid dienone is 4. The first-order chi connectivity index (χ1) is 13.3. The molecule has 0 bridgehead atoms. The monoisotopic (exact) mass is 424 g/mol. The molecule has 27 heavy (non-hydrogen) atoms. The first-order valence-corrected chi connectivity index (χ1v) is 10.4. The van der Waals surface area contributed by atoms with Gasteiger partial charge in [0.1, 0.15) is 0 Å². The Kier molecular flexibility index (Phi) is 7.48. The van der Waals surface area contributed by atoms with E-state index in [1.54, 1.807) is 0 Å². The third-order valence-electron chi connectivity index (χ3n) is 4.41. The molecule has 0 N–H and O–H groups in total. The fourth-order valence-electron chi connectivity index (χ4n) is 3.03. The van der Waals surface area contributed by atoms with Crippen LogP contribution in [0.25, 0.3) is 11.1 Å². The average Bonchev–Trinajstić information content (AvgIpc) is 3.41. The van der Waals surface area contributed by atoms with Gasteiger partial charge in [-0.05, 0) is 6.42 Å². The van der Waals surface area contributed by atoms with Crippen molar-refractivity contribution in [2.75, 3.05) is 0 Å². The predicted octanol–water partition coefficient (Wildman–Crippen LogP) is 6.14. The van der Waals surface area contributed by atoms with E-state index < -0.39 is 0 Å². The van der Waals surface area contributed by atoms with E-state index in [1.165, 1.54) is 55.3 Å². The average molecular weight is 426 g/mol. The minimum absolute atomic E-state index is 1.01. The quantitative estimate of drug-likeness (QED) is 0.321. The molecule has 2 aliphatic rings. The summed E-state index contributed by atoms with van der Waals surface area (Å²) in [6.45, 7) is 2.16. The molecule has 0 heterocycles. The SMILES string of the molecule is C[C](=[Zr+2])c1ccccc1.[C-]1=CC=CC1.[c-]1cccc2c1Cc1ccccc1-2. The molecule has 0 atom stereocenters. The van der Waals surface area contributed by atoms with Crippen molar-refractivity contribution in [1.82, 2.24) is 0 Å². The van der Waals surface area contributed by atoms with Gasteiger partial charge in [-0.1, -0.05) is 35.4 Å². The van der Waals surface area contributed by atoms with Crippen molar-refractivity contribution in [3.63, 3.8) is 0 Å². The van der Waals surface area contributed by atoms with Gasteiger partial charge in [-0.2, -0.15) is 35.9 Å². The van der Waals surface area contributed by atoms with E-state index in [1.807, 2.05) is 24.3 Å². The second kappa shape index (κ2) is 10.3. The smallest absolute Gasteiger partial charge is 0.0253 e. The van der Waals surface area contributed by atoms with Crippen LogP contribution in [0, 0.1) is 12.1 Å². The van der Waals surface area contributed by atoms with Crippen LogP contribution in [0.3, 0.4) is 0 Å². The number of fused-ring (bicyclic) bond motifs is 3. The number of hydrogen-bond donors (Lipinski definition) is 0. The molecule has 0 amide bonds.